The van der Waals surface area contributed by atoms with Crippen molar-refractivity contribution in [2.75, 3.05) is 30.3 Å². The maximum atomic E-state index is 5.42. The first kappa shape index (κ1) is 12.7. The predicted molar refractivity (Wildman–Crippen MR) is 65.8 cm³/mol. The molecular formula is C11H20N4O. The van der Waals surface area contributed by atoms with Crippen LogP contribution in [0.25, 0.3) is 0 Å². The van der Waals surface area contributed by atoms with E-state index in [0.717, 1.165) is 18.9 Å². The van der Waals surface area contributed by atoms with Gasteiger partial charge in [-0.2, -0.15) is 4.98 Å². The van der Waals surface area contributed by atoms with E-state index >= 15 is 0 Å². The minimum Gasteiger partial charge on any atom is -0.377 e. The lowest BCUT2D eigenvalue weighted by molar-refractivity contribution is 0.0870. The summed E-state index contributed by atoms with van der Waals surface area (Å²) in [7, 11) is 0. The van der Waals surface area contributed by atoms with Crippen molar-refractivity contribution in [2.45, 2.75) is 26.9 Å². The summed E-state index contributed by atoms with van der Waals surface area (Å²) in [5.41, 5.74) is 0. The van der Waals surface area contributed by atoms with Gasteiger partial charge in [-0.15, -0.1) is 0 Å². The van der Waals surface area contributed by atoms with E-state index in [4.69, 9.17) is 4.74 Å². The standard InChI is InChI=1S/C11H20N4O/c1-4-12-11-14-6-5-10(15-11)13-7-8-16-9(2)3/h5-6,9H,4,7-8H2,1-3H3,(H2,12,13,14,15). The van der Waals surface area contributed by atoms with E-state index in [1.807, 2.05) is 26.8 Å². The molecule has 0 saturated carbocycles. The molecule has 0 atom stereocenters. The maximum absolute atomic E-state index is 5.42. The summed E-state index contributed by atoms with van der Waals surface area (Å²) in [6.07, 6.45) is 2.00. The van der Waals surface area contributed by atoms with Crippen LogP contribution in [-0.2, 0) is 4.74 Å². The molecule has 1 aromatic rings. The van der Waals surface area contributed by atoms with Crippen molar-refractivity contribution in [3.63, 3.8) is 0 Å². The Morgan fingerprint density at radius 2 is 2.19 bits per heavy atom. The third kappa shape index (κ3) is 4.93. The molecule has 0 bridgehead atoms. The second-order valence-corrected chi connectivity index (χ2v) is 3.64. The minimum atomic E-state index is 0.268. The fourth-order valence-electron chi connectivity index (χ4n) is 1.17. The largest absolute Gasteiger partial charge is 0.377 e. The van der Waals surface area contributed by atoms with Gasteiger partial charge in [-0.1, -0.05) is 0 Å². The fraction of sp³-hybridized carbons (Fsp3) is 0.636. The molecule has 1 aromatic heterocycles. The zero-order chi connectivity index (χ0) is 11.8. The van der Waals surface area contributed by atoms with Crippen LogP contribution in [0.4, 0.5) is 11.8 Å². The Morgan fingerprint density at radius 1 is 1.38 bits per heavy atom. The van der Waals surface area contributed by atoms with Crippen molar-refractivity contribution in [1.29, 1.82) is 0 Å². The van der Waals surface area contributed by atoms with Crippen molar-refractivity contribution in [3.05, 3.63) is 12.3 Å². The topological polar surface area (TPSA) is 59.1 Å². The molecule has 90 valence electrons. The van der Waals surface area contributed by atoms with Crippen LogP contribution in [0.5, 0.6) is 0 Å². The molecule has 0 spiro atoms. The van der Waals surface area contributed by atoms with E-state index in [0.29, 0.717) is 12.6 Å². The molecule has 5 nitrogen and oxygen atoms in total. The van der Waals surface area contributed by atoms with Crippen molar-refractivity contribution in [1.82, 2.24) is 9.97 Å². The van der Waals surface area contributed by atoms with Gasteiger partial charge in [0.15, 0.2) is 0 Å². The summed E-state index contributed by atoms with van der Waals surface area (Å²) in [5, 5.41) is 6.25. The molecule has 0 aliphatic heterocycles. The van der Waals surface area contributed by atoms with Gasteiger partial charge in [-0.05, 0) is 26.8 Å². The molecule has 2 N–H and O–H groups in total. The average molecular weight is 224 g/mol. The first-order valence-electron chi connectivity index (χ1n) is 5.64. The van der Waals surface area contributed by atoms with Crippen molar-refractivity contribution in [2.24, 2.45) is 0 Å². The minimum absolute atomic E-state index is 0.268. The zero-order valence-corrected chi connectivity index (χ0v) is 10.2. The van der Waals surface area contributed by atoms with E-state index in [-0.39, 0.29) is 6.10 Å². The lowest BCUT2D eigenvalue weighted by Gasteiger charge is -2.09. The summed E-state index contributed by atoms with van der Waals surface area (Å²) >= 11 is 0. The van der Waals surface area contributed by atoms with Crippen LogP contribution >= 0.6 is 0 Å². The molecule has 1 heterocycles. The molecule has 0 fully saturated rings. The van der Waals surface area contributed by atoms with Crippen molar-refractivity contribution >= 4 is 11.8 Å². The lowest BCUT2D eigenvalue weighted by atomic mass is 10.5. The van der Waals surface area contributed by atoms with Crippen LogP contribution in [0.2, 0.25) is 0 Å². The van der Waals surface area contributed by atoms with Crippen LogP contribution < -0.4 is 10.6 Å². The fourth-order valence-corrected chi connectivity index (χ4v) is 1.17. The number of aromatic nitrogens is 2. The normalized spacial score (nSPS) is 10.5. The SMILES string of the molecule is CCNc1nccc(NCCOC(C)C)n1. The van der Waals surface area contributed by atoms with Crippen LogP contribution in [0.15, 0.2) is 12.3 Å². The van der Waals surface area contributed by atoms with Gasteiger partial charge in [-0.25, -0.2) is 4.98 Å². The number of nitrogens with zero attached hydrogens (tertiary/aromatic N) is 2. The highest BCUT2D eigenvalue weighted by Gasteiger charge is 1.97. The number of nitrogens with one attached hydrogen (secondary N) is 2. The van der Waals surface area contributed by atoms with E-state index in [1.165, 1.54) is 0 Å². The Balaban J connectivity index is 2.33. The van der Waals surface area contributed by atoms with Crippen LogP contribution in [-0.4, -0.2) is 35.8 Å². The molecule has 0 radical (unpaired) electrons. The van der Waals surface area contributed by atoms with Crippen molar-refractivity contribution in [3.8, 4) is 0 Å². The van der Waals surface area contributed by atoms with Gasteiger partial charge in [0.2, 0.25) is 5.95 Å². The van der Waals surface area contributed by atoms with Crippen LogP contribution in [0.3, 0.4) is 0 Å². The third-order valence-corrected chi connectivity index (χ3v) is 1.85. The van der Waals surface area contributed by atoms with Gasteiger partial charge in [0.1, 0.15) is 5.82 Å². The first-order valence-corrected chi connectivity index (χ1v) is 5.64. The molecule has 0 unspecified atom stereocenters. The monoisotopic (exact) mass is 224 g/mol. The number of hydrogen-bond donors (Lipinski definition) is 2. The molecule has 0 aromatic carbocycles. The zero-order valence-electron chi connectivity index (χ0n) is 10.2. The average Bonchev–Trinajstić information content (AvgIpc) is 2.25. The Bertz CT molecular complexity index is 304. The van der Waals surface area contributed by atoms with E-state index < -0.39 is 0 Å². The van der Waals surface area contributed by atoms with E-state index in [2.05, 4.69) is 20.6 Å². The van der Waals surface area contributed by atoms with E-state index in [1.54, 1.807) is 6.20 Å². The number of rotatable bonds is 7. The Morgan fingerprint density at radius 3 is 2.88 bits per heavy atom. The second-order valence-electron chi connectivity index (χ2n) is 3.64. The van der Waals surface area contributed by atoms with Crippen molar-refractivity contribution < 1.29 is 4.74 Å². The van der Waals surface area contributed by atoms with Gasteiger partial charge in [-0.3, -0.25) is 0 Å². The molecule has 5 heteroatoms. The highest BCUT2D eigenvalue weighted by Crippen LogP contribution is 2.04. The molecule has 0 saturated heterocycles. The van der Waals surface area contributed by atoms with Gasteiger partial charge in [0.25, 0.3) is 0 Å². The first-order chi connectivity index (χ1) is 7.72. The molecular weight excluding hydrogens is 204 g/mol. The number of hydrogen-bond acceptors (Lipinski definition) is 5. The summed E-state index contributed by atoms with van der Waals surface area (Å²) in [5.74, 6) is 1.47. The van der Waals surface area contributed by atoms with Crippen LogP contribution in [0, 0.1) is 0 Å². The Kier molecular flexibility index (Phi) is 5.56. The predicted octanol–water partition coefficient (Wildman–Crippen LogP) is 1.75. The maximum Gasteiger partial charge on any atom is 0.224 e. The second kappa shape index (κ2) is 7.00. The third-order valence-electron chi connectivity index (χ3n) is 1.85. The van der Waals surface area contributed by atoms with E-state index in [9.17, 15) is 0 Å². The highest BCUT2D eigenvalue weighted by atomic mass is 16.5. The summed E-state index contributed by atoms with van der Waals surface area (Å²) in [4.78, 5) is 8.38. The quantitative estimate of drug-likeness (QED) is 0.691. The molecule has 1 rings (SSSR count). The summed E-state index contributed by atoms with van der Waals surface area (Å²) in [6, 6.07) is 1.84. The Labute approximate surface area is 96.6 Å². The Hall–Kier alpha value is -1.36. The van der Waals surface area contributed by atoms with Gasteiger partial charge < -0.3 is 15.4 Å². The highest BCUT2D eigenvalue weighted by molar-refractivity contribution is 5.39. The van der Waals surface area contributed by atoms with Gasteiger partial charge in [0.05, 0.1) is 12.7 Å². The molecule has 0 aliphatic rings. The molecule has 16 heavy (non-hydrogen) atoms. The molecule has 0 aliphatic carbocycles. The smallest absolute Gasteiger partial charge is 0.224 e. The molecule has 0 amide bonds. The van der Waals surface area contributed by atoms with Gasteiger partial charge >= 0.3 is 0 Å². The lowest BCUT2D eigenvalue weighted by Crippen LogP contribution is -2.14. The van der Waals surface area contributed by atoms with Crippen LogP contribution in [0.1, 0.15) is 20.8 Å². The van der Waals surface area contributed by atoms with Gasteiger partial charge in [0, 0.05) is 19.3 Å². The number of ether oxygens (including phenoxy) is 1. The summed E-state index contributed by atoms with van der Waals surface area (Å²) in [6.45, 7) is 8.31. The number of anilines is 2. The summed E-state index contributed by atoms with van der Waals surface area (Å²) < 4.78 is 5.42.